The third-order valence-electron chi connectivity index (χ3n) is 5.68. The number of aromatic amines is 1. The van der Waals surface area contributed by atoms with E-state index in [0.717, 1.165) is 0 Å². The average molecular weight is 520 g/mol. The van der Waals surface area contributed by atoms with Gasteiger partial charge in [0.1, 0.15) is 4.90 Å². The molecule has 37 heavy (non-hydrogen) atoms. The molecule has 0 unspecified atom stereocenters. The van der Waals surface area contributed by atoms with Crippen LogP contribution in [-0.2, 0) is 27.9 Å². The molecule has 0 bridgehead atoms. The van der Waals surface area contributed by atoms with Crippen molar-refractivity contribution in [2.24, 2.45) is 17.3 Å². The summed E-state index contributed by atoms with van der Waals surface area (Å²) >= 11 is 0. The summed E-state index contributed by atoms with van der Waals surface area (Å²) in [7, 11) is -2.44. The van der Waals surface area contributed by atoms with E-state index < -0.39 is 15.4 Å². The van der Waals surface area contributed by atoms with Crippen LogP contribution >= 0.6 is 0 Å². The summed E-state index contributed by atoms with van der Waals surface area (Å²) in [6.07, 6.45) is 1.55. The van der Waals surface area contributed by atoms with Gasteiger partial charge in [0.15, 0.2) is 11.5 Å². The number of aryl methyl sites for hydroxylation is 1. The summed E-state index contributed by atoms with van der Waals surface area (Å²) in [4.78, 5) is 7.90. The molecule has 1 aromatic carbocycles. The molecule has 0 saturated heterocycles. The number of nitrogens with one attached hydrogen (secondary N) is 2. The van der Waals surface area contributed by atoms with Crippen molar-refractivity contribution in [3.63, 3.8) is 0 Å². The van der Waals surface area contributed by atoms with Gasteiger partial charge in [0.2, 0.25) is 5.82 Å². The number of hydrogen-bond acceptors (Lipinski definition) is 7. The normalized spacial score (nSPS) is 12.8. The molecule has 2 N–H and O–H groups in total. The smallest absolute Gasteiger partial charge is 0.265 e. The SMILES string of the molecule is [C-]#[N+]c1c(N=Nc2c(C(C)(C)C)nn(C)c2NS(=O)(=O)c2cccc3cccnc23)n[nH]c1C(C)(C)C. The number of fused-ring (bicyclic) bond motifs is 1. The summed E-state index contributed by atoms with van der Waals surface area (Å²) in [6.45, 7) is 19.3. The van der Waals surface area contributed by atoms with Crippen LogP contribution in [0.5, 0.6) is 0 Å². The van der Waals surface area contributed by atoms with E-state index >= 15 is 0 Å². The Kier molecular flexibility index (Phi) is 6.37. The largest absolute Gasteiger partial charge is 0.291 e. The number of benzene rings is 1. The van der Waals surface area contributed by atoms with E-state index in [1.54, 1.807) is 37.5 Å². The predicted octanol–water partition coefficient (Wildman–Crippen LogP) is 6.05. The summed E-state index contributed by atoms with van der Waals surface area (Å²) < 4.78 is 31.2. The highest BCUT2D eigenvalue weighted by Crippen LogP contribution is 2.41. The van der Waals surface area contributed by atoms with Crippen LogP contribution in [0, 0.1) is 6.57 Å². The Morgan fingerprint density at radius 1 is 1.05 bits per heavy atom. The third kappa shape index (κ3) is 4.95. The van der Waals surface area contributed by atoms with E-state index in [9.17, 15) is 8.42 Å². The van der Waals surface area contributed by atoms with Crippen LogP contribution in [0.25, 0.3) is 15.7 Å². The molecule has 11 nitrogen and oxygen atoms in total. The van der Waals surface area contributed by atoms with Crippen LogP contribution in [0.1, 0.15) is 52.9 Å². The van der Waals surface area contributed by atoms with Crippen LogP contribution in [0.2, 0.25) is 0 Å². The highest BCUT2D eigenvalue weighted by Gasteiger charge is 2.30. The van der Waals surface area contributed by atoms with E-state index in [0.29, 0.717) is 22.3 Å². The lowest BCUT2D eigenvalue weighted by atomic mass is 9.91. The number of nitrogens with zero attached hydrogens (tertiary/aromatic N) is 7. The summed E-state index contributed by atoms with van der Waals surface area (Å²) in [5.41, 5.74) is 1.20. The Hall–Kier alpha value is -4.11. The number of para-hydroxylation sites is 1. The van der Waals surface area contributed by atoms with Crippen molar-refractivity contribution in [2.75, 3.05) is 4.72 Å². The van der Waals surface area contributed by atoms with Gasteiger partial charge in [0.05, 0.1) is 17.8 Å². The van der Waals surface area contributed by atoms with Gasteiger partial charge >= 0.3 is 0 Å². The molecule has 0 saturated carbocycles. The van der Waals surface area contributed by atoms with Gasteiger partial charge in [-0.1, -0.05) is 59.7 Å². The molecule has 4 aromatic rings. The molecule has 0 amide bonds. The lowest BCUT2D eigenvalue weighted by molar-refractivity contribution is 0.554. The summed E-state index contributed by atoms with van der Waals surface area (Å²) in [6, 6.07) is 8.51. The number of aromatic nitrogens is 5. The quantitative estimate of drug-likeness (QED) is 0.244. The minimum Gasteiger partial charge on any atom is -0.291 e. The van der Waals surface area contributed by atoms with Gasteiger partial charge in [-0.05, 0) is 17.5 Å². The van der Waals surface area contributed by atoms with Crippen molar-refractivity contribution in [2.45, 2.75) is 57.3 Å². The van der Waals surface area contributed by atoms with E-state index in [1.807, 2.05) is 41.5 Å². The van der Waals surface area contributed by atoms with Crippen molar-refractivity contribution in [3.05, 3.63) is 59.3 Å². The second-order valence-electron chi connectivity index (χ2n) is 10.7. The van der Waals surface area contributed by atoms with Gasteiger partial charge in [0, 0.05) is 29.7 Å². The van der Waals surface area contributed by atoms with Gasteiger partial charge in [-0.2, -0.15) is 10.2 Å². The van der Waals surface area contributed by atoms with Crippen molar-refractivity contribution in [1.82, 2.24) is 25.0 Å². The second kappa shape index (κ2) is 9.08. The first-order valence-corrected chi connectivity index (χ1v) is 13.0. The predicted molar refractivity (Wildman–Crippen MR) is 142 cm³/mol. The van der Waals surface area contributed by atoms with Crippen LogP contribution < -0.4 is 4.72 Å². The van der Waals surface area contributed by atoms with Gasteiger partial charge in [-0.15, -0.1) is 10.2 Å². The topological polar surface area (TPSA) is 135 Å². The van der Waals surface area contributed by atoms with Crippen molar-refractivity contribution < 1.29 is 8.42 Å². The van der Waals surface area contributed by atoms with Crippen molar-refractivity contribution >= 4 is 43.9 Å². The molecule has 0 aliphatic rings. The molecule has 0 radical (unpaired) electrons. The fraction of sp³-hybridized carbons (Fsp3) is 0.360. The van der Waals surface area contributed by atoms with Gasteiger partial charge in [0.25, 0.3) is 15.7 Å². The fourth-order valence-corrected chi connectivity index (χ4v) is 5.10. The van der Waals surface area contributed by atoms with E-state index in [-0.39, 0.29) is 33.3 Å². The zero-order chi connectivity index (χ0) is 27.2. The number of H-pyrrole nitrogens is 1. The molecule has 0 aliphatic heterocycles. The number of azo groups is 1. The van der Waals surface area contributed by atoms with Crippen LogP contribution in [0.4, 0.5) is 23.0 Å². The maximum atomic E-state index is 13.5. The minimum atomic E-state index is -4.07. The average Bonchev–Trinajstić information content (AvgIpc) is 3.37. The Morgan fingerprint density at radius 2 is 1.76 bits per heavy atom. The lowest BCUT2D eigenvalue weighted by Gasteiger charge is -2.16. The first kappa shape index (κ1) is 26.0. The fourth-order valence-electron chi connectivity index (χ4n) is 3.82. The molecular weight excluding hydrogens is 490 g/mol. The van der Waals surface area contributed by atoms with Crippen LogP contribution in [-0.4, -0.2) is 33.4 Å². The number of anilines is 1. The third-order valence-corrected chi connectivity index (χ3v) is 7.05. The first-order valence-electron chi connectivity index (χ1n) is 11.6. The second-order valence-corrected chi connectivity index (χ2v) is 12.3. The van der Waals surface area contributed by atoms with Crippen LogP contribution in [0.3, 0.4) is 0 Å². The van der Waals surface area contributed by atoms with Gasteiger partial charge in [-0.3, -0.25) is 14.8 Å². The Morgan fingerprint density at radius 3 is 2.41 bits per heavy atom. The monoisotopic (exact) mass is 519 g/mol. The lowest BCUT2D eigenvalue weighted by Crippen LogP contribution is -2.16. The number of rotatable bonds is 5. The highest BCUT2D eigenvalue weighted by atomic mass is 32.2. The Bertz CT molecular complexity index is 1660. The summed E-state index contributed by atoms with van der Waals surface area (Å²) in [5, 5.41) is 21.0. The van der Waals surface area contributed by atoms with Gasteiger partial charge < -0.3 is 0 Å². The van der Waals surface area contributed by atoms with Gasteiger partial charge in [-0.25, -0.2) is 17.9 Å². The Balaban J connectivity index is 1.84. The molecule has 3 heterocycles. The van der Waals surface area contributed by atoms with Crippen molar-refractivity contribution in [1.29, 1.82) is 0 Å². The number of sulfonamides is 1. The summed E-state index contributed by atoms with van der Waals surface area (Å²) in [5.74, 6) is 0.258. The van der Waals surface area contributed by atoms with Crippen LogP contribution in [0.15, 0.2) is 51.7 Å². The number of pyridine rings is 1. The molecule has 12 heteroatoms. The van der Waals surface area contributed by atoms with Crippen molar-refractivity contribution in [3.8, 4) is 0 Å². The number of hydrogen-bond donors (Lipinski definition) is 2. The van der Waals surface area contributed by atoms with E-state index in [2.05, 4.69) is 40.1 Å². The zero-order valence-electron chi connectivity index (χ0n) is 21.8. The zero-order valence-corrected chi connectivity index (χ0v) is 22.6. The molecule has 0 aliphatic carbocycles. The molecule has 0 spiro atoms. The minimum absolute atomic E-state index is 0.0319. The van der Waals surface area contributed by atoms with E-state index in [1.165, 1.54) is 10.7 Å². The molecule has 0 atom stereocenters. The Labute approximate surface area is 215 Å². The van der Waals surface area contributed by atoms with E-state index in [4.69, 9.17) is 6.57 Å². The molecule has 4 rings (SSSR count). The standard InChI is InChI=1S/C25H29N9O2S/c1-24(2,3)20-18(26-7)22(31-29-20)30-28-19-21(25(4,5)6)32-34(8)23(19)33-37(35,36)16-13-9-11-15-12-10-14-27-17(15)16/h9-14,33H,1-6,8H3,(H,29,31). The molecule has 192 valence electrons. The maximum absolute atomic E-state index is 13.5. The highest BCUT2D eigenvalue weighted by molar-refractivity contribution is 7.93. The molecule has 0 fully saturated rings. The maximum Gasteiger partial charge on any atom is 0.265 e. The molecular formula is C25H29N9O2S. The molecule has 3 aromatic heterocycles. The first-order chi connectivity index (χ1) is 17.2.